The molecular weight excluding hydrogens is 270 g/mol. The van der Waals surface area contributed by atoms with Gasteiger partial charge in [0.15, 0.2) is 5.75 Å². The third-order valence-corrected chi connectivity index (χ3v) is 3.08. The largest absolute Gasteiger partial charge is 0.480 e. The molecule has 2 aromatic rings. The summed E-state index contributed by atoms with van der Waals surface area (Å²) in [7, 11) is 1.79. The molecule has 2 rings (SSSR count). The van der Waals surface area contributed by atoms with Crippen molar-refractivity contribution in [3.05, 3.63) is 63.5 Å². The maximum Gasteiger partial charge on any atom is 0.311 e. The summed E-state index contributed by atoms with van der Waals surface area (Å²) in [6.45, 7) is 2.70. The van der Waals surface area contributed by atoms with Crippen molar-refractivity contribution >= 4 is 5.69 Å². The fraction of sp³-hybridized carbons (Fsp3) is 0.267. The van der Waals surface area contributed by atoms with E-state index in [1.807, 2.05) is 25.1 Å². The molecule has 1 aromatic carbocycles. The zero-order valence-corrected chi connectivity index (χ0v) is 12.0. The van der Waals surface area contributed by atoms with Gasteiger partial charge in [0.1, 0.15) is 6.61 Å². The first-order chi connectivity index (χ1) is 10.1. The van der Waals surface area contributed by atoms with Crippen LogP contribution in [0.25, 0.3) is 0 Å². The number of ether oxygens (including phenoxy) is 1. The lowest BCUT2D eigenvalue weighted by Crippen LogP contribution is -2.06. The van der Waals surface area contributed by atoms with Crippen molar-refractivity contribution in [1.82, 2.24) is 10.3 Å². The minimum absolute atomic E-state index is 0.0312. The highest BCUT2D eigenvalue weighted by Crippen LogP contribution is 2.28. The summed E-state index contributed by atoms with van der Waals surface area (Å²) in [6, 6.07) is 8.73. The summed E-state index contributed by atoms with van der Waals surface area (Å²) in [4.78, 5) is 14.9. The molecule has 0 fully saturated rings. The molecule has 0 bridgehead atoms. The fourth-order valence-electron chi connectivity index (χ4n) is 1.96. The summed E-state index contributed by atoms with van der Waals surface area (Å²) in [5, 5.41) is 14.1. The molecule has 1 heterocycles. The Morgan fingerprint density at radius 2 is 2.19 bits per heavy atom. The Kier molecular flexibility index (Phi) is 4.84. The van der Waals surface area contributed by atoms with Gasteiger partial charge in [-0.2, -0.15) is 0 Å². The van der Waals surface area contributed by atoms with Crippen molar-refractivity contribution in [3.63, 3.8) is 0 Å². The first-order valence-electron chi connectivity index (χ1n) is 6.57. The van der Waals surface area contributed by atoms with Crippen molar-refractivity contribution in [2.24, 2.45) is 0 Å². The number of benzene rings is 1. The van der Waals surface area contributed by atoms with E-state index in [1.165, 1.54) is 6.07 Å². The van der Waals surface area contributed by atoms with Crippen molar-refractivity contribution < 1.29 is 9.66 Å². The van der Waals surface area contributed by atoms with Crippen LogP contribution in [0, 0.1) is 17.0 Å². The van der Waals surface area contributed by atoms with E-state index in [2.05, 4.69) is 10.3 Å². The Morgan fingerprint density at radius 1 is 1.38 bits per heavy atom. The first-order valence-corrected chi connectivity index (χ1v) is 6.57. The Bertz CT molecular complexity index is 644. The van der Waals surface area contributed by atoms with E-state index in [0.717, 1.165) is 16.8 Å². The Hall–Kier alpha value is -2.47. The molecule has 0 saturated carbocycles. The first kappa shape index (κ1) is 14.9. The predicted molar refractivity (Wildman–Crippen MR) is 79.2 cm³/mol. The SMILES string of the molecule is CNCc1ccc(OCc2ncccc2C)c([N+](=O)[O-])c1. The number of rotatable bonds is 6. The average molecular weight is 287 g/mol. The number of aryl methyl sites for hydroxylation is 1. The van der Waals surface area contributed by atoms with E-state index in [-0.39, 0.29) is 18.0 Å². The second-order valence-corrected chi connectivity index (χ2v) is 4.65. The van der Waals surface area contributed by atoms with Crippen LogP contribution in [0.4, 0.5) is 5.69 Å². The summed E-state index contributed by atoms with van der Waals surface area (Å²) < 4.78 is 5.57. The van der Waals surface area contributed by atoms with E-state index in [1.54, 1.807) is 19.3 Å². The summed E-state index contributed by atoms with van der Waals surface area (Å²) in [5.41, 5.74) is 2.57. The van der Waals surface area contributed by atoms with E-state index >= 15 is 0 Å². The molecule has 21 heavy (non-hydrogen) atoms. The Morgan fingerprint density at radius 3 is 2.86 bits per heavy atom. The molecule has 0 aliphatic carbocycles. The molecule has 6 nitrogen and oxygen atoms in total. The molecule has 0 saturated heterocycles. The molecule has 0 spiro atoms. The molecule has 1 N–H and O–H groups in total. The van der Waals surface area contributed by atoms with Gasteiger partial charge in [-0.15, -0.1) is 0 Å². The topological polar surface area (TPSA) is 77.3 Å². The van der Waals surface area contributed by atoms with Crippen molar-refractivity contribution in [2.45, 2.75) is 20.1 Å². The van der Waals surface area contributed by atoms with E-state index in [9.17, 15) is 10.1 Å². The maximum atomic E-state index is 11.1. The highest BCUT2D eigenvalue weighted by Gasteiger charge is 2.16. The van der Waals surface area contributed by atoms with Crippen LogP contribution in [0.2, 0.25) is 0 Å². The maximum absolute atomic E-state index is 11.1. The molecule has 1 aromatic heterocycles. The summed E-state index contributed by atoms with van der Waals surface area (Å²) in [6.07, 6.45) is 1.68. The van der Waals surface area contributed by atoms with Crippen LogP contribution in [-0.2, 0) is 13.2 Å². The van der Waals surface area contributed by atoms with E-state index in [0.29, 0.717) is 6.54 Å². The Balaban J connectivity index is 2.19. The second kappa shape index (κ2) is 6.81. The van der Waals surface area contributed by atoms with Crippen LogP contribution in [0.3, 0.4) is 0 Å². The lowest BCUT2D eigenvalue weighted by atomic mass is 10.2. The number of aromatic nitrogens is 1. The van der Waals surface area contributed by atoms with Crippen LogP contribution in [-0.4, -0.2) is 17.0 Å². The third-order valence-electron chi connectivity index (χ3n) is 3.08. The van der Waals surface area contributed by atoms with Gasteiger partial charge in [0.05, 0.1) is 10.6 Å². The van der Waals surface area contributed by atoms with Crippen LogP contribution in [0.5, 0.6) is 5.75 Å². The van der Waals surface area contributed by atoms with Gasteiger partial charge < -0.3 is 10.1 Å². The monoisotopic (exact) mass is 287 g/mol. The molecule has 6 heteroatoms. The second-order valence-electron chi connectivity index (χ2n) is 4.65. The minimum atomic E-state index is -0.431. The van der Waals surface area contributed by atoms with Crippen molar-refractivity contribution in [1.29, 1.82) is 0 Å². The molecule has 0 radical (unpaired) electrons. The van der Waals surface area contributed by atoms with E-state index < -0.39 is 4.92 Å². The van der Waals surface area contributed by atoms with Gasteiger partial charge in [0, 0.05) is 18.8 Å². The molecule has 0 atom stereocenters. The number of pyridine rings is 1. The van der Waals surface area contributed by atoms with Crippen LogP contribution in [0.1, 0.15) is 16.8 Å². The molecule has 0 aliphatic heterocycles. The lowest BCUT2D eigenvalue weighted by molar-refractivity contribution is -0.386. The normalized spacial score (nSPS) is 10.4. The number of nitro groups is 1. The van der Waals surface area contributed by atoms with Crippen LogP contribution in [0.15, 0.2) is 36.5 Å². The van der Waals surface area contributed by atoms with Gasteiger partial charge in [0.25, 0.3) is 0 Å². The summed E-state index contributed by atoms with van der Waals surface area (Å²) in [5.74, 6) is 0.255. The van der Waals surface area contributed by atoms with Crippen LogP contribution < -0.4 is 10.1 Å². The average Bonchev–Trinajstić information content (AvgIpc) is 2.47. The number of hydrogen-bond acceptors (Lipinski definition) is 5. The molecule has 0 amide bonds. The zero-order chi connectivity index (χ0) is 15.2. The van der Waals surface area contributed by atoms with Crippen molar-refractivity contribution in [2.75, 3.05) is 7.05 Å². The van der Waals surface area contributed by atoms with Gasteiger partial charge in [-0.1, -0.05) is 12.1 Å². The zero-order valence-electron chi connectivity index (χ0n) is 12.0. The lowest BCUT2D eigenvalue weighted by Gasteiger charge is -2.09. The van der Waals surface area contributed by atoms with Gasteiger partial charge in [-0.05, 0) is 37.2 Å². The van der Waals surface area contributed by atoms with Gasteiger partial charge >= 0.3 is 5.69 Å². The minimum Gasteiger partial charge on any atom is -0.480 e. The van der Waals surface area contributed by atoms with E-state index in [4.69, 9.17) is 4.74 Å². The number of nitrogens with zero attached hydrogens (tertiary/aromatic N) is 2. The molecule has 0 unspecified atom stereocenters. The van der Waals surface area contributed by atoms with Crippen molar-refractivity contribution in [3.8, 4) is 5.75 Å². The van der Waals surface area contributed by atoms with Gasteiger partial charge in [0.2, 0.25) is 0 Å². The predicted octanol–water partition coefficient (Wildman–Crippen LogP) is 2.60. The molecule has 110 valence electrons. The Labute approximate surface area is 122 Å². The quantitative estimate of drug-likeness (QED) is 0.652. The van der Waals surface area contributed by atoms with Gasteiger partial charge in [-0.25, -0.2) is 0 Å². The number of nitrogens with one attached hydrogen (secondary N) is 1. The summed E-state index contributed by atoms with van der Waals surface area (Å²) >= 11 is 0. The van der Waals surface area contributed by atoms with Crippen LogP contribution >= 0.6 is 0 Å². The fourth-order valence-corrected chi connectivity index (χ4v) is 1.96. The van der Waals surface area contributed by atoms with Gasteiger partial charge in [-0.3, -0.25) is 15.1 Å². The standard InChI is InChI=1S/C15H17N3O3/c1-11-4-3-7-17-13(11)10-21-15-6-5-12(9-16-2)8-14(15)18(19)20/h3-8,16H,9-10H2,1-2H3. The smallest absolute Gasteiger partial charge is 0.311 e. The number of nitro benzene ring substituents is 1. The molecule has 0 aliphatic rings. The highest BCUT2D eigenvalue weighted by atomic mass is 16.6. The molecular formula is C15H17N3O3. The highest BCUT2D eigenvalue weighted by molar-refractivity contribution is 5.48. The number of hydrogen-bond donors (Lipinski definition) is 1. The third kappa shape index (κ3) is 3.76.